The predicted molar refractivity (Wildman–Crippen MR) is 100.0 cm³/mol. The molecule has 0 spiro atoms. The Bertz CT molecular complexity index is 838. The molecule has 1 aromatic heterocycles. The van der Waals surface area contributed by atoms with E-state index in [1.54, 1.807) is 0 Å². The van der Waals surface area contributed by atoms with Crippen molar-refractivity contribution in [3.63, 3.8) is 0 Å². The van der Waals surface area contributed by atoms with Crippen molar-refractivity contribution in [2.24, 2.45) is 5.92 Å². The van der Waals surface area contributed by atoms with E-state index < -0.39 is 0 Å². The topological polar surface area (TPSA) is 64.0 Å². The van der Waals surface area contributed by atoms with Gasteiger partial charge in [-0.15, -0.1) is 0 Å². The van der Waals surface area contributed by atoms with Gasteiger partial charge in [0.15, 0.2) is 5.16 Å². The van der Waals surface area contributed by atoms with Crippen LogP contribution in [0.5, 0.6) is 0 Å². The number of aromatic nitrogens is 2. The van der Waals surface area contributed by atoms with Crippen molar-refractivity contribution in [1.29, 1.82) is 0 Å². The summed E-state index contributed by atoms with van der Waals surface area (Å²) in [4.78, 5) is 29.8. The normalized spacial score (nSPS) is 17.9. The first-order valence-corrected chi connectivity index (χ1v) is 10.1. The maximum Gasteiger partial charge on any atom is 0.262 e. The van der Waals surface area contributed by atoms with Crippen LogP contribution >= 0.6 is 11.8 Å². The summed E-state index contributed by atoms with van der Waals surface area (Å²) >= 11 is 1.38. The second-order valence-electron chi connectivity index (χ2n) is 7.06. The van der Waals surface area contributed by atoms with Crippen molar-refractivity contribution < 1.29 is 4.79 Å². The van der Waals surface area contributed by atoms with Crippen LogP contribution < -0.4 is 10.9 Å². The summed E-state index contributed by atoms with van der Waals surface area (Å²) in [7, 11) is 0. The number of amides is 1. The quantitative estimate of drug-likeness (QED) is 0.637. The SMILES string of the molecule is O=C(CSc1nc2ccccc2c(=O)n1C1CCCC1)NCC1CC1. The molecular weight excluding hydrogens is 334 g/mol. The Balaban J connectivity index is 1.59. The first kappa shape index (κ1) is 16.6. The Morgan fingerprint density at radius 3 is 2.72 bits per heavy atom. The number of hydrogen-bond donors (Lipinski definition) is 1. The molecule has 0 aliphatic heterocycles. The highest BCUT2D eigenvalue weighted by atomic mass is 32.2. The molecule has 4 rings (SSSR count). The molecule has 0 unspecified atom stereocenters. The summed E-state index contributed by atoms with van der Waals surface area (Å²) in [6.45, 7) is 0.778. The summed E-state index contributed by atoms with van der Waals surface area (Å²) in [6, 6.07) is 7.69. The number of hydrogen-bond acceptors (Lipinski definition) is 4. The molecule has 2 aromatic rings. The van der Waals surface area contributed by atoms with Crippen molar-refractivity contribution in [2.45, 2.75) is 49.7 Å². The molecule has 2 fully saturated rings. The van der Waals surface area contributed by atoms with Crippen LogP contribution in [0, 0.1) is 5.92 Å². The fourth-order valence-corrected chi connectivity index (χ4v) is 4.37. The van der Waals surface area contributed by atoms with Gasteiger partial charge in [-0.25, -0.2) is 4.98 Å². The van der Waals surface area contributed by atoms with Gasteiger partial charge in [-0.05, 0) is 43.7 Å². The van der Waals surface area contributed by atoms with Crippen LogP contribution in [0.25, 0.3) is 10.9 Å². The summed E-state index contributed by atoms with van der Waals surface area (Å²) in [5.41, 5.74) is 0.737. The van der Waals surface area contributed by atoms with E-state index in [1.165, 1.54) is 24.6 Å². The molecule has 1 amide bonds. The fourth-order valence-electron chi connectivity index (χ4n) is 3.47. The second kappa shape index (κ2) is 7.20. The molecule has 25 heavy (non-hydrogen) atoms. The number of nitrogens with one attached hydrogen (secondary N) is 1. The number of nitrogens with zero attached hydrogens (tertiary/aromatic N) is 2. The van der Waals surface area contributed by atoms with E-state index in [1.807, 2.05) is 28.8 Å². The molecule has 1 aromatic carbocycles. The minimum absolute atomic E-state index is 0.0253. The predicted octanol–water partition coefficient (Wildman–Crippen LogP) is 3.13. The van der Waals surface area contributed by atoms with E-state index in [2.05, 4.69) is 5.32 Å². The van der Waals surface area contributed by atoms with Crippen molar-refractivity contribution in [1.82, 2.24) is 14.9 Å². The van der Waals surface area contributed by atoms with Crippen LogP contribution in [0.4, 0.5) is 0 Å². The van der Waals surface area contributed by atoms with E-state index in [-0.39, 0.29) is 17.5 Å². The average molecular weight is 357 g/mol. The van der Waals surface area contributed by atoms with E-state index in [4.69, 9.17) is 4.98 Å². The largest absolute Gasteiger partial charge is 0.355 e. The lowest BCUT2D eigenvalue weighted by Crippen LogP contribution is -2.29. The molecule has 2 aliphatic carbocycles. The van der Waals surface area contributed by atoms with Crippen LogP contribution in [0.2, 0.25) is 0 Å². The van der Waals surface area contributed by atoms with Gasteiger partial charge in [0.25, 0.3) is 5.56 Å². The molecule has 2 aliphatic rings. The Morgan fingerprint density at radius 2 is 1.96 bits per heavy atom. The Morgan fingerprint density at radius 1 is 1.20 bits per heavy atom. The standard InChI is InChI=1S/C19H23N3O2S/c23-17(20-11-13-9-10-13)12-25-19-21-16-8-4-3-7-15(16)18(24)22(19)14-5-1-2-6-14/h3-4,7-8,13-14H,1-2,5-6,9-12H2,(H,20,23). The third-order valence-corrected chi connectivity index (χ3v) is 6.04. The molecule has 1 N–H and O–H groups in total. The number of para-hydroxylation sites is 1. The molecule has 6 heteroatoms. The van der Waals surface area contributed by atoms with E-state index in [9.17, 15) is 9.59 Å². The average Bonchev–Trinajstić information content (AvgIpc) is 3.31. The highest BCUT2D eigenvalue weighted by Crippen LogP contribution is 2.32. The van der Waals surface area contributed by atoms with Crippen molar-refractivity contribution in [3.8, 4) is 0 Å². The van der Waals surface area contributed by atoms with Gasteiger partial charge in [0.05, 0.1) is 16.7 Å². The summed E-state index contributed by atoms with van der Waals surface area (Å²) in [5.74, 6) is 1.01. The molecule has 0 radical (unpaired) electrons. The van der Waals surface area contributed by atoms with Crippen LogP contribution in [-0.4, -0.2) is 27.8 Å². The molecule has 0 saturated heterocycles. The van der Waals surface area contributed by atoms with Gasteiger partial charge in [-0.3, -0.25) is 14.2 Å². The van der Waals surface area contributed by atoms with Gasteiger partial charge in [0, 0.05) is 12.6 Å². The number of fused-ring (bicyclic) bond motifs is 1. The van der Waals surface area contributed by atoms with Crippen molar-refractivity contribution in [3.05, 3.63) is 34.6 Å². The summed E-state index contributed by atoms with van der Waals surface area (Å²) in [5, 5.41) is 4.32. The van der Waals surface area contributed by atoms with Crippen LogP contribution in [-0.2, 0) is 4.79 Å². The molecule has 2 saturated carbocycles. The van der Waals surface area contributed by atoms with Gasteiger partial charge in [-0.1, -0.05) is 36.7 Å². The number of rotatable bonds is 6. The zero-order chi connectivity index (χ0) is 17.2. The highest BCUT2D eigenvalue weighted by Gasteiger charge is 2.24. The highest BCUT2D eigenvalue weighted by molar-refractivity contribution is 7.99. The molecular formula is C19H23N3O2S. The zero-order valence-electron chi connectivity index (χ0n) is 14.2. The molecule has 132 valence electrons. The van der Waals surface area contributed by atoms with Gasteiger partial charge in [0.1, 0.15) is 0 Å². The maximum absolute atomic E-state index is 13.0. The minimum atomic E-state index is 0.0253. The Kier molecular flexibility index (Phi) is 4.79. The fraction of sp³-hybridized carbons (Fsp3) is 0.526. The third kappa shape index (κ3) is 3.73. The second-order valence-corrected chi connectivity index (χ2v) is 8.00. The number of thioether (sulfide) groups is 1. The Hall–Kier alpha value is -1.82. The van der Waals surface area contributed by atoms with Gasteiger partial charge in [-0.2, -0.15) is 0 Å². The monoisotopic (exact) mass is 357 g/mol. The smallest absolute Gasteiger partial charge is 0.262 e. The molecule has 0 atom stereocenters. The molecule has 1 heterocycles. The number of carbonyl (C=O) groups is 1. The van der Waals surface area contributed by atoms with Crippen molar-refractivity contribution >= 4 is 28.6 Å². The van der Waals surface area contributed by atoms with Gasteiger partial charge in [0.2, 0.25) is 5.91 Å². The Labute approximate surface area is 151 Å². The zero-order valence-corrected chi connectivity index (χ0v) is 15.1. The van der Waals surface area contributed by atoms with E-state index >= 15 is 0 Å². The summed E-state index contributed by atoms with van der Waals surface area (Å²) < 4.78 is 1.84. The van der Waals surface area contributed by atoms with Crippen LogP contribution in [0.1, 0.15) is 44.6 Å². The molecule has 0 bridgehead atoms. The van der Waals surface area contributed by atoms with E-state index in [0.29, 0.717) is 27.7 Å². The van der Waals surface area contributed by atoms with Gasteiger partial charge < -0.3 is 5.32 Å². The maximum atomic E-state index is 13.0. The first-order valence-electron chi connectivity index (χ1n) is 9.13. The lowest BCUT2D eigenvalue weighted by molar-refractivity contribution is -0.118. The van der Waals surface area contributed by atoms with Crippen LogP contribution in [0.3, 0.4) is 0 Å². The van der Waals surface area contributed by atoms with E-state index in [0.717, 1.165) is 32.2 Å². The summed E-state index contributed by atoms with van der Waals surface area (Å²) in [6.07, 6.45) is 6.77. The number of carbonyl (C=O) groups excluding carboxylic acids is 1. The third-order valence-electron chi connectivity index (χ3n) is 5.08. The van der Waals surface area contributed by atoms with Crippen LogP contribution in [0.15, 0.2) is 34.2 Å². The van der Waals surface area contributed by atoms with Gasteiger partial charge >= 0.3 is 0 Å². The lowest BCUT2D eigenvalue weighted by atomic mass is 10.2. The first-order chi connectivity index (χ1) is 12.2. The molecule has 5 nitrogen and oxygen atoms in total. The van der Waals surface area contributed by atoms with Crippen molar-refractivity contribution in [2.75, 3.05) is 12.3 Å². The number of benzene rings is 1. The lowest BCUT2D eigenvalue weighted by Gasteiger charge is -2.18. The minimum Gasteiger partial charge on any atom is -0.355 e.